The van der Waals surface area contributed by atoms with Gasteiger partial charge < -0.3 is 14.4 Å². The molecular weight excluding hydrogens is 860 g/mol. The fourth-order valence-corrected chi connectivity index (χ4v) is 9.91. The van der Waals surface area contributed by atoms with Gasteiger partial charge in [-0.2, -0.15) is 13.2 Å². The van der Waals surface area contributed by atoms with Crippen molar-refractivity contribution in [2.45, 2.75) is 63.3 Å². The Kier molecular flexibility index (Phi) is 13.2. The lowest BCUT2D eigenvalue weighted by Gasteiger charge is -2.40. The van der Waals surface area contributed by atoms with E-state index in [0.717, 1.165) is 119 Å². The van der Waals surface area contributed by atoms with Crippen LogP contribution in [0.5, 0.6) is 5.75 Å². The summed E-state index contributed by atoms with van der Waals surface area (Å²) in [6.45, 7) is 10.1. The van der Waals surface area contributed by atoms with E-state index in [0.29, 0.717) is 30.4 Å². The number of fused-ring (bicyclic) bond motifs is 2. The lowest BCUT2D eigenvalue weighted by atomic mass is 9.86. The molecule has 4 aromatic rings. The molecule has 9 rings (SSSR count). The lowest BCUT2D eigenvalue weighted by Crippen LogP contribution is -2.54. The van der Waals surface area contributed by atoms with E-state index in [-0.39, 0.29) is 48.1 Å². The number of hydrogen-bond acceptors (Lipinski definition) is 12. The van der Waals surface area contributed by atoms with Gasteiger partial charge in [-0.05, 0) is 92.1 Å². The number of carbonyl (C=O) groups is 5. The number of aliphatic hydroxyl groups is 1. The Bertz CT molecular complexity index is 2490. The van der Waals surface area contributed by atoms with Crippen LogP contribution in [0.15, 0.2) is 60.7 Å². The number of imidazole rings is 1. The van der Waals surface area contributed by atoms with Crippen LogP contribution in [0.1, 0.15) is 86.8 Å². The molecular formula is C47H54F3N9O7. The first-order chi connectivity index (χ1) is 31.8. The molecule has 5 aliphatic rings. The molecule has 0 spiro atoms. The Hall–Kier alpha value is -5.73. The van der Waals surface area contributed by atoms with Gasteiger partial charge in [-0.3, -0.25) is 59.1 Å². The average Bonchev–Trinajstić information content (AvgIpc) is 3.79. The van der Waals surface area contributed by atoms with Gasteiger partial charge in [-0.1, -0.05) is 12.1 Å². The van der Waals surface area contributed by atoms with Gasteiger partial charge in [0, 0.05) is 90.1 Å². The van der Waals surface area contributed by atoms with Crippen LogP contribution in [0.4, 0.5) is 19.1 Å². The van der Waals surface area contributed by atoms with E-state index in [1.165, 1.54) is 12.1 Å². The second-order valence-electron chi connectivity index (χ2n) is 18.0. The molecule has 16 nitrogen and oxygen atoms in total. The summed E-state index contributed by atoms with van der Waals surface area (Å²) in [7, 11) is 0. The summed E-state index contributed by atoms with van der Waals surface area (Å²) in [5, 5.41) is 14.8. The minimum Gasteiger partial charge on any atom is -0.492 e. The minimum atomic E-state index is -4.58. The Morgan fingerprint density at radius 1 is 0.803 bits per heavy atom. The van der Waals surface area contributed by atoms with Crippen LogP contribution >= 0.6 is 0 Å². The largest absolute Gasteiger partial charge is 0.492 e. The number of imide groups is 2. The third-order valence-electron chi connectivity index (χ3n) is 13.7. The summed E-state index contributed by atoms with van der Waals surface area (Å²) in [6, 6.07) is 14.3. The van der Waals surface area contributed by atoms with Gasteiger partial charge in [-0.25, -0.2) is 4.98 Å². The Morgan fingerprint density at radius 3 is 2.20 bits per heavy atom. The van der Waals surface area contributed by atoms with Gasteiger partial charge in [0.2, 0.25) is 17.8 Å². The number of nitrogens with zero attached hydrogens (tertiary/aromatic N) is 7. The number of aromatic nitrogens is 2. The zero-order valence-electron chi connectivity index (χ0n) is 36.6. The van der Waals surface area contributed by atoms with E-state index in [9.17, 15) is 42.3 Å². The molecule has 1 aromatic heterocycles. The maximum absolute atomic E-state index is 13.5. The van der Waals surface area contributed by atoms with E-state index in [1.807, 2.05) is 16.7 Å². The number of carbonyl (C=O) groups excluding carboxylic acids is 5. The molecule has 66 heavy (non-hydrogen) atoms. The molecule has 1 aliphatic carbocycles. The molecule has 1 atom stereocenters. The Balaban J connectivity index is 0.738. The quantitative estimate of drug-likeness (QED) is 0.164. The van der Waals surface area contributed by atoms with E-state index < -0.39 is 47.3 Å². The first-order valence-corrected chi connectivity index (χ1v) is 22.8. The average molecular weight is 914 g/mol. The van der Waals surface area contributed by atoms with Crippen LogP contribution in [-0.2, 0) is 22.3 Å². The highest BCUT2D eigenvalue weighted by Gasteiger charge is 2.45. The number of aliphatic hydroxyl groups excluding tert-OH is 1. The van der Waals surface area contributed by atoms with Crippen molar-refractivity contribution in [3.8, 4) is 5.75 Å². The molecule has 4 fully saturated rings. The topological polar surface area (TPSA) is 173 Å². The van der Waals surface area contributed by atoms with Crippen LogP contribution in [0.25, 0.3) is 11.0 Å². The number of nitrogens with one attached hydrogen (secondary N) is 2. The fraction of sp³-hybridized carbons (Fsp3) is 0.489. The van der Waals surface area contributed by atoms with Crippen LogP contribution in [0, 0.1) is 5.92 Å². The van der Waals surface area contributed by atoms with Gasteiger partial charge in [-0.15, -0.1) is 0 Å². The smallest absolute Gasteiger partial charge is 0.416 e. The molecule has 1 saturated carbocycles. The summed E-state index contributed by atoms with van der Waals surface area (Å²) in [6.07, 6.45) is -1.20. The molecule has 1 unspecified atom stereocenters. The first-order valence-electron chi connectivity index (χ1n) is 22.8. The van der Waals surface area contributed by atoms with Crippen LogP contribution < -0.4 is 15.4 Å². The molecule has 5 amide bonds. The number of anilines is 1. The SMILES string of the molecule is O=C1CCC(N2C(=O)c3ccc(OCCN4CCN(CN5CCN(Cc6ccc7c(c6)nc(NC(=O)c6cccc(C(F)(F)F)c6)n7[C@H]6CC[C@@H](CO)CC6)CC5)CC4)cc3C2=O)C(=O)N1. The van der Waals surface area contributed by atoms with Crippen molar-refractivity contribution in [1.82, 2.24) is 39.4 Å². The lowest BCUT2D eigenvalue weighted by molar-refractivity contribution is -0.138. The number of benzene rings is 3. The van der Waals surface area contributed by atoms with Crippen molar-refractivity contribution >= 4 is 46.5 Å². The second kappa shape index (κ2) is 19.2. The third kappa shape index (κ3) is 9.85. The van der Waals surface area contributed by atoms with Crippen LogP contribution in [0.2, 0.25) is 0 Å². The second-order valence-corrected chi connectivity index (χ2v) is 18.0. The molecule has 0 radical (unpaired) electrons. The summed E-state index contributed by atoms with van der Waals surface area (Å²) >= 11 is 0. The van der Waals surface area contributed by atoms with E-state index in [1.54, 1.807) is 18.2 Å². The van der Waals surface area contributed by atoms with Gasteiger partial charge in [0.25, 0.3) is 17.7 Å². The number of piperidine rings is 1. The van der Waals surface area contributed by atoms with Crippen molar-refractivity contribution in [3.63, 3.8) is 0 Å². The van der Waals surface area contributed by atoms with Crippen molar-refractivity contribution < 1.29 is 47.0 Å². The summed E-state index contributed by atoms with van der Waals surface area (Å²) in [4.78, 5) is 79.0. The van der Waals surface area contributed by atoms with E-state index in [2.05, 4.69) is 36.3 Å². The maximum Gasteiger partial charge on any atom is 0.416 e. The third-order valence-corrected chi connectivity index (χ3v) is 13.7. The van der Waals surface area contributed by atoms with Gasteiger partial charge >= 0.3 is 6.18 Å². The highest BCUT2D eigenvalue weighted by molar-refractivity contribution is 6.23. The number of hydrogen-bond donors (Lipinski definition) is 3. The number of alkyl halides is 3. The zero-order valence-corrected chi connectivity index (χ0v) is 36.6. The summed E-state index contributed by atoms with van der Waals surface area (Å²) in [5.41, 5.74) is 2.05. The van der Waals surface area contributed by atoms with Crippen LogP contribution in [0.3, 0.4) is 0 Å². The molecule has 4 aliphatic heterocycles. The van der Waals surface area contributed by atoms with Gasteiger partial charge in [0.1, 0.15) is 18.4 Å². The number of amides is 5. The number of rotatable bonds is 13. The minimum absolute atomic E-state index is 0.0136. The molecule has 350 valence electrons. The molecule has 19 heteroatoms. The standard InChI is InChI=1S/C47H54F3N9O7/c48-47(49,50)33-3-1-2-32(25-33)42(62)53-46-51-38-24-31(6-11-39(38)58(46)34-7-4-30(28-60)5-8-34)27-55-16-20-57(21-17-55)29-56-18-14-54(15-19-56)22-23-66-35-9-10-36-37(26-35)45(65)59(44(36)64)40-12-13-41(61)52-43(40)63/h1-3,6,9-11,24-26,30,34,40,60H,4-5,7-8,12-23,27-29H2,(H,51,53,62)(H,52,61,63)/t30-,34+,40?. The van der Waals surface area contributed by atoms with Crippen LogP contribution in [-0.4, -0.2) is 154 Å². The van der Waals surface area contributed by atoms with Crippen molar-refractivity contribution in [2.24, 2.45) is 5.92 Å². The fourth-order valence-electron chi connectivity index (χ4n) is 9.91. The van der Waals surface area contributed by atoms with E-state index >= 15 is 0 Å². The highest BCUT2D eigenvalue weighted by atomic mass is 19.4. The summed E-state index contributed by atoms with van der Waals surface area (Å²) < 4.78 is 48.4. The molecule has 3 saturated heterocycles. The molecule has 0 bridgehead atoms. The highest BCUT2D eigenvalue weighted by Crippen LogP contribution is 2.38. The molecule has 5 heterocycles. The normalized spacial score (nSPS) is 22.8. The Labute approximate surface area is 379 Å². The predicted octanol–water partition coefficient (Wildman–Crippen LogP) is 4.20. The van der Waals surface area contributed by atoms with Crippen molar-refractivity contribution in [1.29, 1.82) is 0 Å². The number of ether oxygens (including phenoxy) is 1. The monoisotopic (exact) mass is 913 g/mol. The maximum atomic E-state index is 13.5. The molecule has 3 N–H and O–H groups in total. The Morgan fingerprint density at radius 2 is 1.50 bits per heavy atom. The van der Waals surface area contributed by atoms with Crippen molar-refractivity contribution in [3.05, 3.63) is 88.5 Å². The first kappa shape index (κ1) is 45.4. The van der Waals surface area contributed by atoms with Gasteiger partial charge in [0.05, 0.1) is 34.4 Å². The molecule has 3 aromatic carbocycles. The number of piperazine rings is 2. The van der Waals surface area contributed by atoms with Gasteiger partial charge in [0.15, 0.2) is 0 Å². The van der Waals surface area contributed by atoms with Crippen molar-refractivity contribution in [2.75, 3.05) is 84.1 Å². The zero-order chi connectivity index (χ0) is 46.1. The number of halogens is 3. The van der Waals surface area contributed by atoms with E-state index in [4.69, 9.17) is 9.72 Å². The predicted molar refractivity (Wildman–Crippen MR) is 236 cm³/mol. The summed E-state index contributed by atoms with van der Waals surface area (Å²) in [5.74, 6) is -1.85.